The Kier molecular flexibility index (Phi) is 3.72. The molecule has 3 N–H and O–H groups in total. The zero-order chi connectivity index (χ0) is 11.4. The molecule has 16 heavy (non-hydrogen) atoms. The van der Waals surface area contributed by atoms with Gasteiger partial charge in [0.1, 0.15) is 5.82 Å². The fourth-order valence-electron chi connectivity index (χ4n) is 2.21. The van der Waals surface area contributed by atoms with E-state index in [0.29, 0.717) is 6.04 Å². The summed E-state index contributed by atoms with van der Waals surface area (Å²) in [7, 11) is 0. The van der Waals surface area contributed by atoms with Gasteiger partial charge in [0, 0.05) is 25.0 Å². The van der Waals surface area contributed by atoms with E-state index in [9.17, 15) is 0 Å². The Morgan fingerprint density at radius 2 is 1.94 bits per heavy atom. The summed E-state index contributed by atoms with van der Waals surface area (Å²) in [5.41, 5.74) is 6.85. The normalized spacial score (nSPS) is 25.4. The van der Waals surface area contributed by atoms with E-state index in [1.54, 1.807) is 12.4 Å². The average Bonchev–Trinajstić information content (AvgIpc) is 2.30. The summed E-state index contributed by atoms with van der Waals surface area (Å²) < 4.78 is 0. The van der Waals surface area contributed by atoms with Crippen LogP contribution in [-0.4, -0.2) is 22.6 Å². The van der Waals surface area contributed by atoms with Gasteiger partial charge in [-0.25, -0.2) is 4.98 Å². The van der Waals surface area contributed by atoms with Crippen molar-refractivity contribution < 1.29 is 0 Å². The highest BCUT2D eigenvalue weighted by Crippen LogP contribution is 2.23. The number of hydrogen-bond acceptors (Lipinski definition) is 4. The quantitative estimate of drug-likeness (QED) is 0.814. The van der Waals surface area contributed by atoms with Gasteiger partial charge in [-0.05, 0) is 38.5 Å². The second-order valence-corrected chi connectivity index (χ2v) is 4.65. The van der Waals surface area contributed by atoms with Crippen LogP contribution in [0.4, 0.5) is 5.82 Å². The maximum atomic E-state index is 5.89. The summed E-state index contributed by atoms with van der Waals surface area (Å²) in [6.07, 6.45) is 8.23. The van der Waals surface area contributed by atoms with Crippen LogP contribution in [0, 0.1) is 12.8 Å². The van der Waals surface area contributed by atoms with Crippen molar-refractivity contribution in [3.63, 3.8) is 0 Å². The number of anilines is 1. The van der Waals surface area contributed by atoms with Gasteiger partial charge in [-0.3, -0.25) is 4.98 Å². The molecule has 0 amide bonds. The lowest BCUT2D eigenvalue weighted by molar-refractivity contribution is 0.338. The molecule has 1 heterocycles. The van der Waals surface area contributed by atoms with E-state index in [2.05, 4.69) is 15.3 Å². The molecule has 1 fully saturated rings. The zero-order valence-electron chi connectivity index (χ0n) is 9.82. The molecule has 88 valence electrons. The first-order valence-electron chi connectivity index (χ1n) is 6.03. The predicted octanol–water partition coefficient (Wildman–Crippen LogP) is 1.71. The molecule has 0 aliphatic heterocycles. The van der Waals surface area contributed by atoms with Crippen LogP contribution in [0.5, 0.6) is 0 Å². The van der Waals surface area contributed by atoms with Crippen molar-refractivity contribution >= 4 is 5.82 Å². The minimum absolute atomic E-state index is 0.425. The van der Waals surface area contributed by atoms with Gasteiger partial charge in [-0.15, -0.1) is 0 Å². The van der Waals surface area contributed by atoms with Crippen LogP contribution in [0.15, 0.2) is 12.4 Å². The van der Waals surface area contributed by atoms with E-state index in [1.807, 2.05) is 6.92 Å². The van der Waals surface area contributed by atoms with Gasteiger partial charge in [-0.2, -0.15) is 0 Å². The Morgan fingerprint density at radius 1 is 1.25 bits per heavy atom. The molecule has 0 atom stereocenters. The van der Waals surface area contributed by atoms with Gasteiger partial charge in [0.2, 0.25) is 0 Å². The number of rotatable bonds is 3. The largest absolute Gasteiger partial charge is 0.368 e. The van der Waals surface area contributed by atoms with E-state index in [-0.39, 0.29) is 0 Å². The fraction of sp³-hybridized carbons (Fsp3) is 0.667. The predicted molar refractivity (Wildman–Crippen MR) is 65.2 cm³/mol. The third-order valence-electron chi connectivity index (χ3n) is 3.33. The first-order valence-corrected chi connectivity index (χ1v) is 6.03. The van der Waals surface area contributed by atoms with Gasteiger partial charge in [0.15, 0.2) is 0 Å². The van der Waals surface area contributed by atoms with Gasteiger partial charge in [0.05, 0.1) is 5.69 Å². The smallest absolute Gasteiger partial charge is 0.147 e. The van der Waals surface area contributed by atoms with Crippen molar-refractivity contribution in [2.24, 2.45) is 11.7 Å². The van der Waals surface area contributed by atoms with Crippen molar-refractivity contribution in [3.8, 4) is 0 Å². The molecule has 4 heteroatoms. The van der Waals surface area contributed by atoms with Crippen molar-refractivity contribution in [1.29, 1.82) is 0 Å². The summed E-state index contributed by atoms with van der Waals surface area (Å²) in [6, 6.07) is 0.425. The van der Waals surface area contributed by atoms with Crippen molar-refractivity contribution in [1.82, 2.24) is 9.97 Å². The molecule has 1 saturated carbocycles. The van der Waals surface area contributed by atoms with Crippen LogP contribution in [0.25, 0.3) is 0 Å². The lowest BCUT2D eigenvalue weighted by Crippen LogP contribution is -2.29. The molecular formula is C12H20N4. The molecule has 1 aliphatic carbocycles. The van der Waals surface area contributed by atoms with E-state index in [1.165, 1.54) is 12.8 Å². The number of nitrogens with two attached hydrogens (primary N) is 1. The van der Waals surface area contributed by atoms with Crippen molar-refractivity contribution in [2.45, 2.75) is 38.6 Å². The second-order valence-electron chi connectivity index (χ2n) is 4.65. The summed E-state index contributed by atoms with van der Waals surface area (Å²) in [6.45, 7) is 2.97. The first kappa shape index (κ1) is 11.3. The maximum absolute atomic E-state index is 5.89. The summed E-state index contributed by atoms with van der Waals surface area (Å²) in [5, 5.41) is 3.38. The Balaban J connectivity index is 1.81. The molecule has 0 bridgehead atoms. The Labute approximate surface area is 96.7 Å². The molecule has 4 nitrogen and oxygen atoms in total. The fourth-order valence-corrected chi connectivity index (χ4v) is 2.21. The molecular weight excluding hydrogens is 200 g/mol. The van der Waals surface area contributed by atoms with Crippen LogP contribution >= 0.6 is 0 Å². The monoisotopic (exact) mass is 220 g/mol. The van der Waals surface area contributed by atoms with Crippen LogP contribution in [0.3, 0.4) is 0 Å². The van der Waals surface area contributed by atoms with Gasteiger partial charge < -0.3 is 11.1 Å². The van der Waals surface area contributed by atoms with Gasteiger partial charge in [0.25, 0.3) is 0 Å². The summed E-state index contributed by atoms with van der Waals surface area (Å²) >= 11 is 0. The number of hydrogen-bond donors (Lipinski definition) is 2. The first-order chi connectivity index (χ1) is 7.75. The standard InChI is InChI=1S/C12H20N4/c1-9-12(15-7-6-14-9)16-8-10-2-4-11(13)5-3-10/h6-7,10-11H,2-5,8,13H2,1H3,(H,15,16). The van der Waals surface area contributed by atoms with Crippen LogP contribution in [-0.2, 0) is 0 Å². The number of aromatic nitrogens is 2. The van der Waals surface area contributed by atoms with Crippen molar-refractivity contribution in [3.05, 3.63) is 18.1 Å². The topological polar surface area (TPSA) is 63.8 Å². The minimum atomic E-state index is 0.425. The van der Waals surface area contributed by atoms with Gasteiger partial charge >= 0.3 is 0 Å². The maximum Gasteiger partial charge on any atom is 0.147 e. The molecule has 0 radical (unpaired) electrons. The highest BCUT2D eigenvalue weighted by Gasteiger charge is 2.18. The van der Waals surface area contributed by atoms with Crippen LogP contribution in [0.1, 0.15) is 31.4 Å². The van der Waals surface area contributed by atoms with E-state index < -0.39 is 0 Å². The van der Waals surface area contributed by atoms with Crippen molar-refractivity contribution in [2.75, 3.05) is 11.9 Å². The van der Waals surface area contributed by atoms with Gasteiger partial charge in [-0.1, -0.05) is 0 Å². The second kappa shape index (κ2) is 5.25. The molecule has 0 aromatic carbocycles. The van der Waals surface area contributed by atoms with Crippen LogP contribution in [0.2, 0.25) is 0 Å². The Hall–Kier alpha value is -1.16. The molecule has 0 spiro atoms. The molecule has 2 rings (SSSR count). The zero-order valence-corrected chi connectivity index (χ0v) is 9.82. The molecule has 0 saturated heterocycles. The third kappa shape index (κ3) is 2.92. The summed E-state index contributed by atoms with van der Waals surface area (Å²) in [5.74, 6) is 1.65. The van der Waals surface area contributed by atoms with Crippen LogP contribution < -0.4 is 11.1 Å². The highest BCUT2D eigenvalue weighted by atomic mass is 15.0. The molecule has 1 aromatic rings. The highest BCUT2D eigenvalue weighted by molar-refractivity contribution is 5.38. The number of aryl methyl sites for hydroxylation is 1. The average molecular weight is 220 g/mol. The lowest BCUT2D eigenvalue weighted by atomic mass is 9.86. The molecule has 1 aliphatic rings. The van der Waals surface area contributed by atoms with E-state index in [4.69, 9.17) is 5.73 Å². The minimum Gasteiger partial charge on any atom is -0.368 e. The number of nitrogens with zero attached hydrogens (tertiary/aromatic N) is 2. The van der Waals surface area contributed by atoms with E-state index in [0.717, 1.165) is 36.8 Å². The Morgan fingerprint density at radius 3 is 2.62 bits per heavy atom. The summed E-state index contributed by atoms with van der Waals surface area (Å²) in [4.78, 5) is 8.49. The molecule has 0 unspecified atom stereocenters. The SMILES string of the molecule is Cc1nccnc1NCC1CCC(N)CC1. The third-order valence-corrected chi connectivity index (χ3v) is 3.33. The number of nitrogens with one attached hydrogen (secondary N) is 1. The Bertz CT molecular complexity index is 332. The van der Waals surface area contributed by atoms with E-state index >= 15 is 0 Å². The molecule has 1 aromatic heterocycles. The lowest BCUT2D eigenvalue weighted by Gasteiger charge is -2.26.